The Kier molecular flexibility index (Phi) is 60.8. The molecule has 0 saturated heterocycles. The van der Waals surface area contributed by atoms with Crippen LogP contribution in [0.2, 0.25) is 0 Å². The average molecular weight is 1070 g/mol. The first-order valence-corrected chi connectivity index (χ1v) is 32.0. The number of unbranched alkanes of at least 4 members (excludes halogenated alkanes) is 26. The van der Waals surface area contributed by atoms with Gasteiger partial charge in [0, 0.05) is 19.3 Å². The number of ether oxygens (including phenoxy) is 3. The van der Waals surface area contributed by atoms with E-state index in [2.05, 4.69) is 142 Å². The highest BCUT2D eigenvalue weighted by Gasteiger charge is 2.19. The lowest BCUT2D eigenvalue weighted by Crippen LogP contribution is -2.30. The summed E-state index contributed by atoms with van der Waals surface area (Å²) in [5, 5.41) is 0. The van der Waals surface area contributed by atoms with E-state index in [4.69, 9.17) is 14.2 Å². The van der Waals surface area contributed by atoms with Crippen molar-refractivity contribution in [3.05, 3.63) is 122 Å². The molecule has 1 unspecified atom stereocenters. The molecule has 0 aliphatic rings. The lowest BCUT2D eigenvalue weighted by atomic mass is 10.1. The van der Waals surface area contributed by atoms with Gasteiger partial charge < -0.3 is 14.2 Å². The molecule has 77 heavy (non-hydrogen) atoms. The number of hydrogen-bond donors (Lipinski definition) is 0. The first-order chi connectivity index (χ1) is 38.0. The zero-order valence-electron chi connectivity index (χ0n) is 50.2. The topological polar surface area (TPSA) is 78.9 Å². The van der Waals surface area contributed by atoms with Gasteiger partial charge in [-0.2, -0.15) is 0 Å². The van der Waals surface area contributed by atoms with Crippen molar-refractivity contribution in [1.82, 2.24) is 0 Å². The molecule has 6 heteroatoms. The third kappa shape index (κ3) is 62.5. The molecule has 0 rings (SSSR count). The third-order valence-corrected chi connectivity index (χ3v) is 13.4. The molecule has 1 atom stereocenters. The molecule has 438 valence electrons. The lowest BCUT2D eigenvalue weighted by Gasteiger charge is -2.18. The van der Waals surface area contributed by atoms with Crippen LogP contribution in [-0.2, 0) is 28.6 Å². The molecule has 0 heterocycles. The Morgan fingerprint density at radius 1 is 0.273 bits per heavy atom. The average Bonchev–Trinajstić information content (AvgIpc) is 3.43. The van der Waals surface area contributed by atoms with Gasteiger partial charge in [0.1, 0.15) is 13.2 Å². The molecule has 0 aliphatic carbocycles. The van der Waals surface area contributed by atoms with Gasteiger partial charge in [-0.1, -0.05) is 258 Å². The van der Waals surface area contributed by atoms with E-state index in [1.54, 1.807) is 0 Å². The Morgan fingerprint density at radius 2 is 0.506 bits per heavy atom. The smallest absolute Gasteiger partial charge is 0.306 e. The van der Waals surface area contributed by atoms with E-state index in [-0.39, 0.29) is 31.1 Å². The number of esters is 3. The summed E-state index contributed by atoms with van der Waals surface area (Å²) < 4.78 is 16.9. The molecule has 0 spiro atoms. The minimum Gasteiger partial charge on any atom is -0.462 e. The molecule has 0 radical (unpaired) electrons. The van der Waals surface area contributed by atoms with E-state index in [9.17, 15) is 14.4 Å². The molecule has 0 fully saturated rings. The van der Waals surface area contributed by atoms with E-state index >= 15 is 0 Å². The van der Waals surface area contributed by atoms with E-state index in [0.717, 1.165) is 148 Å². The predicted molar refractivity (Wildman–Crippen MR) is 334 cm³/mol. The van der Waals surface area contributed by atoms with E-state index < -0.39 is 6.10 Å². The van der Waals surface area contributed by atoms with Crippen molar-refractivity contribution in [2.75, 3.05) is 13.2 Å². The molecule has 0 bridgehead atoms. The summed E-state index contributed by atoms with van der Waals surface area (Å²) in [7, 11) is 0. The number of rotatable bonds is 57. The zero-order valence-corrected chi connectivity index (χ0v) is 50.2. The van der Waals surface area contributed by atoms with Gasteiger partial charge in [-0.15, -0.1) is 0 Å². The first-order valence-electron chi connectivity index (χ1n) is 32.0. The molecular weight excluding hydrogens is 949 g/mol. The van der Waals surface area contributed by atoms with Gasteiger partial charge in [-0.3, -0.25) is 14.4 Å². The fourth-order valence-corrected chi connectivity index (χ4v) is 8.62. The highest BCUT2D eigenvalue weighted by Crippen LogP contribution is 2.15. The maximum absolute atomic E-state index is 12.9. The zero-order chi connectivity index (χ0) is 55.7. The Labute approximate surface area is 475 Å². The largest absolute Gasteiger partial charge is 0.462 e. The molecule has 0 saturated carbocycles. The summed E-state index contributed by atoms with van der Waals surface area (Å²) in [6, 6.07) is 0. The van der Waals surface area contributed by atoms with Crippen molar-refractivity contribution in [3.63, 3.8) is 0 Å². The van der Waals surface area contributed by atoms with Crippen molar-refractivity contribution in [2.24, 2.45) is 0 Å². The summed E-state index contributed by atoms with van der Waals surface area (Å²) in [6.07, 6.45) is 89.0. The normalized spacial score (nSPS) is 12.9. The van der Waals surface area contributed by atoms with Gasteiger partial charge in [-0.05, 0) is 135 Å². The second-order valence-electron chi connectivity index (χ2n) is 20.9. The van der Waals surface area contributed by atoms with Gasteiger partial charge >= 0.3 is 17.9 Å². The summed E-state index contributed by atoms with van der Waals surface area (Å²) in [5.74, 6) is -0.929. The number of carbonyl (C=O) groups is 3. The molecule has 0 N–H and O–H groups in total. The SMILES string of the molecule is CC/C=C\C/C=C\C/C=C\C/C=C\C/C=C\CCCCCCCCCC(=O)OCC(COC(=O)CCCCCCC/C=C\C/C=C\CCCCC)OC(=O)CCCCCCCC/C=C\C/C=C\C/C=C\CCCCCCC. The van der Waals surface area contributed by atoms with Gasteiger partial charge in [0.2, 0.25) is 0 Å². The summed E-state index contributed by atoms with van der Waals surface area (Å²) in [4.78, 5) is 38.3. The second kappa shape index (κ2) is 64.3. The van der Waals surface area contributed by atoms with Gasteiger partial charge in [0.15, 0.2) is 6.10 Å². The van der Waals surface area contributed by atoms with Crippen molar-refractivity contribution in [2.45, 2.75) is 297 Å². The van der Waals surface area contributed by atoms with Crippen LogP contribution in [0, 0.1) is 0 Å². The number of carbonyl (C=O) groups excluding carboxylic acids is 3. The second-order valence-corrected chi connectivity index (χ2v) is 20.9. The van der Waals surface area contributed by atoms with Crippen LogP contribution in [0.15, 0.2) is 122 Å². The van der Waals surface area contributed by atoms with E-state index in [1.165, 1.54) is 103 Å². The Hall–Kier alpha value is -4.19. The Balaban J connectivity index is 4.45. The molecule has 0 aromatic rings. The third-order valence-electron chi connectivity index (χ3n) is 13.4. The van der Waals surface area contributed by atoms with E-state index in [0.29, 0.717) is 19.3 Å². The Morgan fingerprint density at radius 3 is 0.818 bits per heavy atom. The van der Waals surface area contributed by atoms with Crippen LogP contribution in [0.25, 0.3) is 0 Å². The quantitative estimate of drug-likeness (QED) is 0.0261. The molecule has 6 nitrogen and oxygen atoms in total. The highest BCUT2D eigenvalue weighted by atomic mass is 16.6. The first kappa shape index (κ1) is 72.8. The highest BCUT2D eigenvalue weighted by molar-refractivity contribution is 5.71. The van der Waals surface area contributed by atoms with Crippen molar-refractivity contribution >= 4 is 17.9 Å². The minimum absolute atomic E-state index is 0.0964. The lowest BCUT2D eigenvalue weighted by molar-refractivity contribution is -0.167. The molecule has 0 aliphatic heterocycles. The number of hydrogen-bond acceptors (Lipinski definition) is 6. The monoisotopic (exact) mass is 1070 g/mol. The van der Waals surface area contributed by atoms with Crippen LogP contribution in [0.5, 0.6) is 0 Å². The maximum atomic E-state index is 12.9. The van der Waals surface area contributed by atoms with Crippen LogP contribution in [-0.4, -0.2) is 37.2 Å². The number of allylic oxidation sites excluding steroid dienone is 20. The van der Waals surface area contributed by atoms with Gasteiger partial charge in [0.05, 0.1) is 0 Å². The fraction of sp³-hybridized carbons (Fsp3) is 0.676. The summed E-state index contributed by atoms with van der Waals surface area (Å²) in [6.45, 7) is 6.47. The van der Waals surface area contributed by atoms with Crippen LogP contribution in [0.3, 0.4) is 0 Å². The molecular formula is C71H118O6. The van der Waals surface area contributed by atoms with Crippen LogP contribution in [0.4, 0.5) is 0 Å². The fourth-order valence-electron chi connectivity index (χ4n) is 8.62. The Bertz CT molecular complexity index is 1600. The van der Waals surface area contributed by atoms with Crippen molar-refractivity contribution < 1.29 is 28.6 Å². The van der Waals surface area contributed by atoms with Crippen molar-refractivity contribution in [3.8, 4) is 0 Å². The van der Waals surface area contributed by atoms with Crippen molar-refractivity contribution in [1.29, 1.82) is 0 Å². The molecule has 0 aromatic heterocycles. The van der Waals surface area contributed by atoms with Crippen LogP contribution < -0.4 is 0 Å². The standard InChI is InChI=1S/C71H118O6/c1-4-7-10-13-16-19-22-25-28-30-32-34-35-37-38-40-43-46-49-52-55-58-61-64-70(73)76-67-68(66-75-69(72)63-60-57-54-51-48-45-42-27-24-21-18-15-12-9-6-3)77-71(74)65-62-59-56-53-50-47-44-41-39-36-33-31-29-26-23-20-17-14-11-8-5-2/h7,10,16,18-19,21,23,25-28,31-34,37-39,41-42,68H,4-6,8-9,11-15,17,20,22,24,29-30,35-36,40,43-67H2,1-3H3/b10-7-,19-16-,21-18-,26-23-,28-25-,33-31-,34-32-,38-37-,41-39-,42-27-. The molecule has 0 aromatic carbocycles. The minimum atomic E-state index is -0.801. The predicted octanol–water partition coefficient (Wildman–Crippen LogP) is 22.0. The van der Waals surface area contributed by atoms with Crippen LogP contribution in [0.1, 0.15) is 290 Å². The van der Waals surface area contributed by atoms with Gasteiger partial charge in [0.25, 0.3) is 0 Å². The van der Waals surface area contributed by atoms with Crippen LogP contribution >= 0.6 is 0 Å². The van der Waals surface area contributed by atoms with E-state index in [1.807, 2.05) is 0 Å². The molecule has 0 amide bonds. The maximum Gasteiger partial charge on any atom is 0.306 e. The summed E-state index contributed by atoms with van der Waals surface area (Å²) in [5.41, 5.74) is 0. The summed E-state index contributed by atoms with van der Waals surface area (Å²) >= 11 is 0. The van der Waals surface area contributed by atoms with Gasteiger partial charge in [-0.25, -0.2) is 0 Å².